The van der Waals surface area contributed by atoms with Gasteiger partial charge in [-0.05, 0) is 18.2 Å². The second kappa shape index (κ2) is 6.01. The molecule has 1 rings (SSSR count). The van der Waals surface area contributed by atoms with Crippen molar-refractivity contribution in [2.45, 2.75) is 12.8 Å². The Bertz CT molecular complexity index is 435. The molecule has 18 heavy (non-hydrogen) atoms. The molecule has 7 heteroatoms. The van der Waals surface area contributed by atoms with E-state index in [0.29, 0.717) is 16.9 Å². The van der Waals surface area contributed by atoms with Gasteiger partial charge in [0, 0.05) is 11.1 Å². The molecule has 0 amide bonds. The average Bonchev–Trinajstić information content (AvgIpc) is 2.27. The minimum Gasteiger partial charge on any atom is -0.496 e. The van der Waals surface area contributed by atoms with Gasteiger partial charge in [0.15, 0.2) is 0 Å². The Kier molecular flexibility index (Phi) is 4.92. The van der Waals surface area contributed by atoms with Gasteiger partial charge in [-0.3, -0.25) is 0 Å². The SMILES string of the molecule is COc1ccc(C(N)=S)cc1COCC(F)(F)F. The second-order valence-electron chi connectivity index (χ2n) is 3.50. The molecule has 0 heterocycles. The number of thiocarbonyl (C=S) groups is 1. The lowest BCUT2D eigenvalue weighted by Gasteiger charge is -2.12. The molecule has 3 nitrogen and oxygen atoms in total. The maximum Gasteiger partial charge on any atom is 0.411 e. The molecule has 1 aromatic carbocycles. The van der Waals surface area contributed by atoms with E-state index in [9.17, 15) is 13.2 Å². The maximum atomic E-state index is 12.0. The highest BCUT2D eigenvalue weighted by Crippen LogP contribution is 2.22. The molecule has 0 aliphatic carbocycles. The highest BCUT2D eigenvalue weighted by Gasteiger charge is 2.27. The van der Waals surface area contributed by atoms with Crippen molar-refractivity contribution in [3.63, 3.8) is 0 Å². The van der Waals surface area contributed by atoms with Crippen LogP contribution in [-0.4, -0.2) is 24.9 Å². The molecule has 0 saturated carbocycles. The molecule has 0 spiro atoms. The van der Waals surface area contributed by atoms with Crippen LogP contribution in [-0.2, 0) is 11.3 Å². The molecule has 0 aliphatic rings. The molecule has 100 valence electrons. The van der Waals surface area contributed by atoms with E-state index < -0.39 is 12.8 Å². The summed E-state index contributed by atoms with van der Waals surface area (Å²) >= 11 is 4.79. The summed E-state index contributed by atoms with van der Waals surface area (Å²) in [6.07, 6.45) is -4.35. The predicted octanol–water partition coefficient (Wildman–Crippen LogP) is 2.41. The van der Waals surface area contributed by atoms with Crippen LogP contribution in [0.3, 0.4) is 0 Å². The lowest BCUT2D eigenvalue weighted by Crippen LogP contribution is -2.17. The fraction of sp³-hybridized carbons (Fsp3) is 0.364. The summed E-state index contributed by atoms with van der Waals surface area (Å²) in [7, 11) is 1.42. The number of hydrogen-bond acceptors (Lipinski definition) is 3. The normalized spacial score (nSPS) is 11.3. The van der Waals surface area contributed by atoms with Crippen LogP contribution in [0.1, 0.15) is 11.1 Å². The fourth-order valence-corrected chi connectivity index (χ4v) is 1.45. The Morgan fingerprint density at radius 3 is 2.56 bits per heavy atom. The van der Waals surface area contributed by atoms with Gasteiger partial charge in [-0.1, -0.05) is 12.2 Å². The summed E-state index contributed by atoms with van der Waals surface area (Å²) in [5.41, 5.74) is 6.46. The van der Waals surface area contributed by atoms with Crippen molar-refractivity contribution in [3.8, 4) is 5.75 Å². The first-order valence-electron chi connectivity index (χ1n) is 4.94. The van der Waals surface area contributed by atoms with Gasteiger partial charge in [0.05, 0.1) is 13.7 Å². The van der Waals surface area contributed by atoms with Gasteiger partial charge in [0.1, 0.15) is 17.3 Å². The third-order valence-electron chi connectivity index (χ3n) is 2.09. The molecule has 0 fully saturated rings. The van der Waals surface area contributed by atoms with E-state index in [4.69, 9.17) is 22.7 Å². The van der Waals surface area contributed by atoms with Gasteiger partial charge in [0.25, 0.3) is 0 Å². The van der Waals surface area contributed by atoms with Crippen LogP contribution < -0.4 is 10.5 Å². The molecule has 0 radical (unpaired) electrons. The van der Waals surface area contributed by atoms with Crippen molar-refractivity contribution >= 4 is 17.2 Å². The molecule has 0 unspecified atom stereocenters. The highest BCUT2D eigenvalue weighted by atomic mass is 32.1. The number of halogens is 3. The van der Waals surface area contributed by atoms with Crippen LogP contribution in [0.2, 0.25) is 0 Å². The minimum absolute atomic E-state index is 0.162. The van der Waals surface area contributed by atoms with E-state index in [-0.39, 0.29) is 11.6 Å². The number of benzene rings is 1. The molecule has 0 aromatic heterocycles. The smallest absolute Gasteiger partial charge is 0.411 e. The van der Waals surface area contributed by atoms with Crippen molar-refractivity contribution in [2.24, 2.45) is 5.73 Å². The summed E-state index contributed by atoms with van der Waals surface area (Å²) in [4.78, 5) is 0.162. The summed E-state index contributed by atoms with van der Waals surface area (Å²) in [6.45, 7) is -1.54. The zero-order chi connectivity index (χ0) is 13.8. The Morgan fingerprint density at radius 1 is 1.39 bits per heavy atom. The zero-order valence-electron chi connectivity index (χ0n) is 9.58. The van der Waals surface area contributed by atoms with Crippen LogP contribution >= 0.6 is 12.2 Å². The van der Waals surface area contributed by atoms with E-state index >= 15 is 0 Å². The Morgan fingerprint density at radius 2 is 2.06 bits per heavy atom. The van der Waals surface area contributed by atoms with Crippen molar-refractivity contribution in [2.75, 3.05) is 13.7 Å². The topological polar surface area (TPSA) is 44.5 Å². The number of ether oxygens (including phenoxy) is 2. The average molecular weight is 279 g/mol. The van der Waals surface area contributed by atoms with Gasteiger partial charge in [-0.25, -0.2) is 0 Å². The van der Waals surface area contributed by atoms with E-state index in [2.05, 4.69) is 4.74 Å². The van der Waals surface area contributed by atoms with E-state index in [1.165, 1.54) is 7.11 Å². The summed E-state index contributed by atoms with van der Waals surface area (Å²) < 4.78 is 45.4. The molecular formula is C11H12F3NO2S. The largest absolute Gasteiger partial charge is 0.496 e. The summed E-state index contributed by atoms with van der Waals surface area (Å²) in [6, 6.07) is 4.77. The number of rotatable bonds is 5. The molecular weight excluding hydrogens is 267 g/mol. The zero-order valence-corrected chi connectivity index (χ0v) is 10.4. The molecule has 2 N–H and O–H groups in total. The second-order valence-corrected chi connectivity index (χ2v) is 3.94. The molecule has 0 saturated heterocycles. The Hall–Kier alpha value is -1.34. The van der Waals surface area contributed by atoms with Crippen molar-refractivity contribution in [3.05, 3.63) is 29.3 Å². The van der Waals surface area contributed by atoms with Crippen LogP contribution in [0.25, 0.3) is 0 Å². The van der Waals surface area contributed by atoms with E-state index in [1.807, 2.05) is 0 Å². The van der Waals surface area contributed by atoms with E-state index in [0.717, 1.165) is 0 Å². The number of hydrogen-bond donors (Lipinski definition) is 1. The van der Waals surface area contributed by atoms with Crippen molar-refractivity contribution in [1.82, 2.24) is 0 Å². The lowest BCUT2D eigenvalue weighted by molar-refractivity contribution is -0.176. The third kappa shape index (κ3) is 4.50. The molecule has 0 bridgehead atoms. The van der Waals surface area contributed by atoms with Crippen LogP contribution in [0.15, 0.2) is 18.2 Å². The summed E-state index contributed by atoms with van der Waals surface area (Å²) in [5, 5.41) is 0. The first-order chi connectivity index (χ1) is 8.33. The van der Waals surface area contributed by atoms with Gasteiger partial charge >= 0.3 is 6.18 Å². The summed E-state index contributed by atoms with van der Waals surface area (Å²) in [5.74, 6) is 0.428. The van der Waals surface area contributed by atoms with Crippen LogP contribution in [0.4, 0.5) is 13.2 Å². The monoisotopic (exact) mass is 279 g/mol. The van der Waals surface area contributed by atoms with Crippen molar-refractivity contribution in [1.29, 1.82) is 0 Å². The van der Waals surface area contributed by atoms with E-state index in [1.54, 1.807) is 18.2 Å². The number of methoxy groups -OCH3 is 1. The number of nitrogens with two attached hydrogens (primary N) is 1. The van der Waals surface area contributed by atoms with Crippen molar-refractivity contribution < 1.29 is 22.6 Å². The first kappa shape index (κ1) is 14.7. The lowest BCUT2D eigenvalue weighted by atomic mass is 10.1. The fourth-order valence-electron chi connectivity index (χ4n) is 1.32. The first-order valence-corrected chi connectivity index (χ1v) is 5.35. The quantitative estimate of drug-likeness (QED) is 0.841. The van der Waals surface area contributed by atoms with Gasteiger partial charge in [0.2, 0.25) is 0 Å². The Labute approximate surface area is 108 Å². The molecule has 1 aromatic rings. The van der Waals surface area contributed by atoms with Crippen LogP contribution in [0, 0.1) is 0 Å². The third-order valence-corrected chi connectivity index (χ3v) is 2.32. The predicted molar refractivity (Wildman–Crippen MR) is 64.6 cm³/mol. The van der Waals surface area contributed by atoms with Gasteiger partial charge in [-0.2, -0.15) is 13.2 Å². The Balaban J connectivity index is 2.78. The molecule has 0 aliphatic heterocycles. The van der Waals surface area contributed by atoms with Gasteiger partial charge < -0.3 is 15.2 Å². The maximum absolute atomic E-state index is 12.0. The van der Waals surface area contributed by atoms with Gasteiger partial charge in [-0.15, -0.1) is 0 Å². The number of alkyl halides is 3. The highest BCUT2D eigenvalue weighted by molar-refractivity contribution is 7.80. The molecule has 0 atom stereocenters. The minimum atomic E-state index is -4.35. The standard InChI is InChI=1S/C11H12F3NO2S/c1-16-9-3-2-7(10(15)18)4-8(9)5-17-6-11(12,13)14/h2-4H,5-6H2,1H3,(H2,15,18). The van der Waals surface area contributed by atoms with Crippen LogP contribution in [0.5, 0.6) is 5.75 Å².